The number of fused-ring (bicyclic) bond motifs is 11. The lowest BCUT2D eigenvalue weighted by Gasteiger charge is -2.28. The highest BCUT2D eigenvalue weighted by Crippen LogP contribution is 2.45. The summed E-state index contributed by atoms with van der Waals surface area (Å²) in [5.41, 5.74) is 14.9. The van der Waals surface area contributed by atoms with Gasteiger partial charge in [-0.2, -0.15) is 0 Å². The lowest BCUT2D eigenvalue weighted by molar-refractivity contribution is 0.750. The van der Waals surface area contributed by atoms with Crippen LogP contribution in [0.2, 0.25) is 0 Å². The molecule has 1 atom stereocenters. The van der Waals surface area contributed by atoms with Crippen LogP contribution in [0.3, 0.4) is 0 Å². The molecule has 0 saturated heterocycles. The minimum absolute atomic E-state index is 0.120. The van der Waals surface area contributed by atoms with Gasteiger partial charge in [0, 0.05) is 50.2 Å². The van der Waals surface area contributed by atoms with Crippen LogP contribution in [0.15, 0.2) is 236 Å². The zero-order chi connectivity index (χ0) is 42.1. The molecule has 0 fully saturated rings. The van der Waals surface area contributed by atoms with Crippen LogP contribution in [0.25, 0.3) is 87.9 Å². The monoisotopic (exact) mass is 816 g/mol. The Morgan fingerprint density at radius 3 is 1.69 bits per heavy atom. The third kappa shape index (κ3) is 5.73. The second-order valence-electron chi connectivity index (χ2n) is 16.8. The largest absolute Gasteiger partial charge is 0.359 e. The van der Waals surface area contributed by atoms with Gasteiger partial charge in [-0.3, -0.25) is 0 Å². The molecule has 4 nitrogen and oxygen atoms in total. The number of benzene rings is 10. The number of hydrogen-bond donors (Lipinski definition) is 1. The highest BCUT2D eigenvalue weighted by molar-refractivity contribution is 6.34. The standard InChI is InChI=1S/C60H40N4/c1-4-16-39(17-5-1)43-36-44(40-18-6-2-7-19-40)38-45(37-43)56-52-26-14-15-27-54(52)61-60(62-56)42-28-31-47(32-29-42)64-58-51-25-13-11-23-49(51)48-22-10-12-24-50(48)55(58)53-33-30-41-34-35-63(57(41)59(53)64)46-20-8-3-9-21-46/h1-38,56H,(H,61,62). The van der Waals surface area contributed by atoms with Gasteiger partial charge in [0.2, 0.25) is 0 Å². The first-order valence-electron chi connectivity index (χ1n) is 22.0. The summed E-state index contributed by atoms with van der Waals surface area (Å²) in [6, 6.07) is 81.1. The molecule has 1 N–H and O–H groups in total. The van der Waals surface area contributed by atoms with Crippen molar-refractivity contribution in [2.45, 2.75) is 6.04 Å². The van der Waals surface area contributed by atoms with E-state index in [1.165, 1.54) is 82.1 Å². The van der Waals surface area contributed by atoms with Crippen LogP contribution >= 0.6 is 0 Å². The first kappa shape index (κ1) is 36.2. The smallest absolute Gasteiger partial charge is 0.134 e. The van der Waals surface area contributed by atoms with Crippen molar-refractivity contribution in [3.05, 3.63) is 247 Å². The van der Waals surface area contributed by atoms with Gasteiger partial charge in [0.25, 0.3) is 0 Å². The van der Waals surface area contributed by atoms with Crippen molar-refractivity contribution in [1.29, 1.82) is 0 Å². The maximum absolute atomic E-state index is 5.29. The Morgan fingerprint density at radius 1 is 0.391 bits per heavy atom. The lowest BCUT2D eigenvalue weighted by Crippen LogP contribution is -2.32. The van der Waals surface area contributed by atoms with Crippen molar-refractivity contribution in [2.24, 2.45) is 4.99 Å². The van der Waals surface area contributed by atoms with E-state index in [9.17, 15) is 0 Å². The van der Waals surface area contributed by atoms with Gasteiger partial charge in [-0.1, -0.05) is 158 Å². The minimum atomic E-state index is -0.120. The second-order valence-corrected chi connectivity index (χ2v) is 16.8. The zero-order valence-corrected chi connectivity index (χ0v) is 34.9. The van der Waals surface area contributed by atoms with E-state index in [2.05, 4.69) is 245 Å². The lowest BCUT2D eigenvalue weighted by atomic mass is 9.89. The molecule has 64 heavy (non-hydrogen) atoms. The fourth-order valence-corrected chi connectivity index (χ4v) is 10.2. The minimum Gasteiger partial charge on any atom is -0.359 e. The molecular weight excluding hydrogens is 777 g/mol. The average Bonchev–Trinajstić information content (AvgIpc) is 3.97. The van der Waals surface area contributed by atoms with E-state index < -0.39 is 0 Å². The Kier molecular flexibility index (Phi) is 8.25. The van der Waals surface area contributed by atoms with E-state index in [0.717, 1.165) is 34.0 Å². The summed E-state index contributed by atoms with van der Waals surface area (Å²) in [5, 5.41) is 12.6. The summed E-state index contributed by atoms with van der Waals surface area (Å²) in [5.74, 6) is 0.848. The number of aromatic nitrogens is 2. The molecule has 0 amide bonds. The van der Waals surface area contributed by atoms with Crippen LogP contribution in [0.4, 0.5) is 5.69 Å². The number of nitrogens with one attached hydrogen (secondary N) is 1. The van der Waals surface area contributed by atoms with E-state index in [0.29, 0.717) is 0 Å². The molecule has 3 heterocycles. The van der Waals surface area contributed by atoms with Gasteiger partial charge >= 0.3 is 0 Å². The molecule has 12 aromatic rings. The van der Waals surface area contributed by atoms with Crippen molar-refractivity contribution in [3.63, 3.8) is 0 Å². The van der Waals surface area contributed by atoms with Gasteiger partial charge in [0.15, 0.2) is 0 Å². The quantitative estimate of drug-likeness (QED) is 0.167. The number of amidine groups is 1. The van der Waals surface area contributed by atoms with Gasteiger partial charge < -0.3 is 14.5 Å². The van der Waals surface area contributed by atoms with Gasteiger partial charge in [0.1, 0.15) is 5.84 Å². The van der Waals surface area contributed by atoms with Crippen LogP contribution in [-0.2, 0) is 0 Å². The van der Waals surface area contributed by atoms with Crippen molar-refractivity contribution < 1.29 is 0 Å². The molecular formula is C60H40N4. The number of rotatable bonds is 6. The summed E-state index contributed by atoms with van der Waals surface area (Å²) in [4.78, 5) is 5.29. The number of hydrogen-bond acceptors (Lipinski definition) is 2. The van der Waals surface area contributed by atoms with E-state index in [-0.39, 0.29) is 6.04 Å². The highest BCUT2D eigenvalue weighted by atomic mass is 15.1. The Balaban J connectivity index is 1.00. The molecule has 1 unspecified atom stereocenters. The van der Waals surface area contributed by atoms with Crippen LogP contribution in [0, 0.1) is 0 Å². The van der Waals surface area contributed by atoms with E-state index in [1.807, 2.05) is 0 Å². The molecule has 300 valence electrons. The van der Waals surface area contributed by atoms with E-state index in [4.69, 9.17) is 4.99 Å². The van der Waals surface area contributed by atoms with Gasteiger partial charge in [0.05, 0.1) is 28.3 Å². The predicted octanol–water partition coefficient (Wildman–Crippen LogP) is 15.1. The van der Waals surface area contributed by atoms with E-state index >= 15 is 0 Å². The van der Waals surface area contributed by atoms with Gasteiger partial charge in [-0.15, -0.1) is 0 Å². The third-order valence-electron chi connectivity index (χ3n) is 13.1. The van der Waals surface area contributed by atoms with Crippen molar-refractivity contribution >= 4 is 65.8 Å². The Morgan fingerprint density at radius 2 is 0.984 bits per heavy atom. The second kappa shape index (κ2) is 14.6. The summed E-state index contributed by atoms with van der Waals surface area (Å²) in [6.45, 7) is 0. The molecule has 0 saturated carbocycles. The SMILES string of the molecule is c1ccc(-c2cc(-c3ccccc3)cc(C3NC(c4ccc(-n5c6c7ccccc7c7ccccc7c6c6ccc7ccn(-c8ccccc8)c7c65)cc4)=Nc4ccccc43)c2)cc1. The first-order valence-corrected chi connectivity index (χ1v) is 22.0. The summed E-state index contributed by atoms with van der Waals surface area (Å²) in [7, 11) is 0. The molecule has 0 bridgehead atoms. The summed E-state index contributed by atoms with van der Waals surface area (Å²) >= 11 is 0. The Bertz CT molecular complexity index is 3730. The molecule has 0 spiro atoms. The van der Waals surface area contributed by atoms with Crippen molar-refractivity contribution in [3.8, 4) is 33.6 Å². The van der Waals surface area contributed by atoms with Crippen LogP contribution in [0.5, 0.6) is 0 Å². The average molecular weight is 817 g/mol. The zero-order valence-electron chi connectivity index (χ0n) is 34.9. The molecule has 10 aromatic carbocycles. The van der Waals surface area contributed by atoms with Crippen molar-refractivity contribution in [2.75, 3.05) is 0 Å². The number of para-hydroxylation sites is 2. The van der Waals surface area contributed by atoms with Crippen molar-refractivity contribution in [1.82, 2.24) is 14.5 Å². The van der Waals surface area contributed by atoms with Crippen LogP contribution in [0.1, 0.15) is 22.7 Å². The fraction of sp³-hybridized carbons (Fsp3) is 0.0167. The normalized spacial score (nSPS) is 13.7. The molecule has 2 aromatic heterocycles. The topological polar surface area (TPSA) is 34.2 Å². The predicted molar refractivity (Wildman–Crippen MR) is 268 cm³/mol. The summed E-state index contributed by atoms with van der Waals surface area (Å²) < 4.78 is 4.86. The fourth-order valence-electron chi connectivity index (χ4n) is 10.2. The molecule has 0 radical (unpaired) electrons. The van der Waals surface area contributed by atoms with E-state index in [1.54, 1.807) is 0 Å². The number of nitrogens with zero attached hydrogens (tertiary/aromatic N) is 3. The highest BCUT2D eigenvalue weighted by Gasteiger charge is 2.27. The van der Waals surface area contributed by atoms with Crippen LogP contribution < -0.4 is 5.32 Å². The number of aliphatic imine (C=N–C) groups is 1. The van der Waals surface area contributed by atoms with Gasteiger partial charge in [-0.05, 0) is 111 Å². The maximum Gasteiger partial charge on any atom is 0.134 e. The molecule has 4 heteroatoms. The third-order valence-corrected chi connectivity index (χ3v) is 13.1. The maximum atomic E-state index is 5.29. The van der Waals surface area contributed by atoms with Gasteiger partial charge in [-0.25, -0.2) is 4.99 Å². The molecule has 0 aliphatic carbocycles. The Labute approximate surface area is 370 Å². The molecule has 13 rings (SSSR count). The Hall–Kier alpha value is -8.47. The molecule has 1 aliphatic heterocycles. The first-order chi connectivity index (χ1) is 31.7. The van der Waals surface area contributed by atoms with Crippen LogP contribution in [-0.4, -0.2) is 15.0 Å². The molecule has 1 aliphatic rings. The summed E-state index contributed by atoms with van der Waals surface area (Å²) in [6.07, 6.45) is 2.21.